The fourth-order valence-corrected chi connectivity index (χ4v) is 3.44. The molecule has 2 rings (SSSR count). The summed E-state index contributed by atoms with van der Waals surface area (Å²) in [5.41, 5.74) is 2.56. The largest absolute Gasteiger partial charge is 0.312 e. The Bertz CT molecular complexity index is 462. The van der Waals surface area contributed by atoms with E-state index in [1.807, 2.05) is 25.5 Å². The number of likely N-dealkylation sites (N-methyl/N-ethyl adjacent to an activating group) is 1. The molecule has 0 saturated carbocycles. The van der Waals surface area contributed by atoms with Crippen molar-refractivity contribution in [3.63, 3.8) is 0 Å². The highest BCUT2D eigenvalue weighted by Crippen LogP contribution is 2.32. The van der Waals surface area contributed by atoms with Crippen molar-refractivity contribution < 1.29 is 0 Å². The normalized spacial score (nSPS) is 12.6. The van der Waals surface area contributed by atoms with E-state index in [9.17, 15) is 0 Å². The molecular weight excluding hydrogens is 296 g/mol. The summed E-state index contributed by atoms with van der Waals surface area (Å²) < 4.78 is 1.22. The van der Waals surface area contributed by atoms with Crippen molar-refractivity contribution >= 4 is 27.3 Å². The zero-order chi connectivity index (χ0) is 12.3. The lowest BCUT2D eigenvalue weighted by molar-refractivity contribution is 0.601. The number of nitrogens with one attached hydrogen (secondary N) is 1. The maximum absolute atomic E-state index is 4.15. The smallest absolute Gasteiger partial charge is 0.0731 e. The van der Waals surface area contributed by atoms with E-state index < -0.39 is 0 Å². The van der Waals surface area contributed by atoms with Crippen LogP contribution in [0.15, 0.2) is 34.4 Å². The summed E-state index contributed by atoms with van der Waals surface area (Å²) in [7, 11) is 2.00. The minimum absolute atomic E-state index is 0.356. The van der Waals surface area contributed by atoms with Gasteiger partial charge < -0.3 is 5.32 Å². The maximum Gasteiger partial charge on any atom is 0.0731 e. The quantitative estimate of drug-likeness (QED) is 0.931. The average Bonchev–Trinajstić information content (AvgIpc) is 2.68. The molecule has 4 heteroatoms. The van der Waals surface area contributed by atoms with E-state index in [0.717, 1.165) is 6.42 Å². The molecule has 0 aliphatic rings. The van der Waals surface area contributed by atoms with Crippen LogP contribution in [0.5, 0.6) is 0 Å². The van der Waals surface area contributed by atoms with Gasteiger partial charge in [-0.05, 0) is 59.6 Å². The van der Waals surface area contributed by atoms with Gasteiger partial charge in [0.2, 0.25) is 0 Å². The van der Waals surface area contributed by atoms with Crippen LogP contribution in [0.2, 0.25) is 0 Å². The van der Waals surface area contributed by atoms with E-state index in [4.69, 9.17) is 0 Å². The van der Waals surface area contributed by atoms with Crippen molar-refractivity contribution in [1.29, 1.82) is 0 Å². The summed E-state index contributed by atoms with van der Waals surface area (Å²) in [4.78, 5) is 5.52. The van der Waals surface area contributed by atoms with Crippen LogP contribution < -0.4 is 5.32 Å². The highest BCUT2D eigenvalue weighted by atomic mass is 79.9. The second-order valence-electron chi connectivity index (χ2n) is 4.01. The number of nitrogens with zero attached hydrogens (tertiary/aromatic N) is 1. The molecule has 1 N–H and O–H groups in total. The molecule has 2 heterocycles. The molecule has 0 amide bonds. The monoisotopic (exact) mass is 310 g/mol. The molecule has 0 saturated heterocycles. The standard InChI is InChI=1S/C13H15BrN2S/c1-9-6-12(17-13(9)14)11(15-2)7-10-4-3-5-16-8-10/h3-6,8,11,15H,7H2,1-2H3. The van der Waals surface area contributed by atoms with Gasteiger partial charge in [0.25, 0.3) is 0 Å². The number of aromatic nitrogens is 1. The molecule has 0 aromatic carbocycles. The highest BCUT2D eigenvalue weighted by molar-refractivity contribution is 9.11. The molecule has 90 valence electrons. The van der Waals surface area contributed by atoms with Crippen molar-refractivity contribution in [3.05, 3.63) is 50.4 Å². The number of hydrogen-bond donors (Lipinski definition) is 1. The topological polar surface area (TPSA) is 24.9 Å². The first kappa shape index (κ1) is 12.7. The first-order valence-electron chi connectivity index (χ1n) is 5.52. The Morgan fingerprint density at radius 3 is 2.88 bits per heavy atom. The summed E-state index contributed by atoms with van der Waals surface area (Å²) in [6.45, 7) is 2.13. The van der Waals surface area contributed by atoms with E-state index in [0.29, 0.717) is 6.04 Å². The van der Waals surface area contributed by atoms with Crippen LogP contribution in [-0.2, 0) is 6.42 Å². The Hall–Kier alpha value is -0.710. The fourth-order valence-electron chi connectivity index (χ4n) is 1.75. The minimum Gasteiger partial charge on any atom is -0.312 e. The highest BCUT2D eigenvalue weighted by Gasteiger charge is 2.14. The van der Waals surface area contributed by atoms with E-state index in [-0.39, 0.29) is 0 Å². The van der Waals surface area contributed by atoms with Crippen LogP contribution in [-0.4, -0.2) is 12.0 Å². The lowest BCUT2D eigenvalue weighted by atomic mass is 10.1. The fraction of sp³-hybridized carbons (Fsp3) is 0.308. The summed E-state index contributed by atoms with van der Waals surface area (Å²) in [6.07, 6.45) is 4.71. The Balaban J connectivity index is 2.17. The number of rotatable bonds is 4. The van der Waals surface area contributed by atoms with Crippen LogP contribution >= 0.6 is 27.3 Å². The Kier molecular flexibility index (Phi) is 4.31. The molecule has 1 unspecified atom stereocenters. The van der Waals surface area contributed by atoms with E-state index in [1.165, 1.54) is 19.8 Å². The molecule has 0 aliphatic heterocycles. The van der Waals surface area contributed by atoms with Gasteiger partial charge in [0.05, 0.1) is 3.79 Å². The Morgan fingerprint density at radius 1 is 1.53 bits per heavy atom. The van der Waals surface area contributed by atoms with Gasteiger partial charge in [-0.2, -0.15) is 0 Å². The van der Waals surface area contributed by atoms with Gasteiger partial charge in [-0.15, -0.1) is 11.3 Å². The third-order valence-corrected chi connectivity index (χ3v) is 4.98. The van der Waals surface area contributed by atoms with Crippen LogP contribution in [0, 0.1) is 6.92 Å². The van der Waals surface area contributed by atoms with Crippen molar-refractivity contribution in [2.45, 2.75) is 19.4 Å². The van der Waals surface area contributed by atoms with Gasteiger partial charge in [-0.1, -0.05) is 6.07 Å². The number of halogens is 1. The average molecular weight is 311 g/mol. The van der Waals surface area contributed by atoms with Crippen molar-refractivity contribution in [2.24, 2.45) is 0 Å². The van der Waals surface area contributed by atoms with Gasteiger partial charge in [-0.25, -0.2) is 0 Å². The summed E-state index contributed by atoms with van der Waals surface area (Å²) in [5, 5.41) is 3.37. The van der Waals surface area contributed by atoms with Gasteiger partial charge in [0, 0.05) is 23.3 Å². The van der Waals surface area contributed by atoms with E-state index in [2.05, 4.69) is 45.3 Å². The second kappa shape index (κ2) is 5.76. The zero-order valence-electron chi connectivity index (χ0n) is 9.90. The predicted molar refractivity (Wildman–Crippen MR) is 76.5 cm³/mol. The third kappa shape index (κ3) is 3.15. The van der Waals surface area contributed by atoms with E-state index >= 15 is 0 Å². The molecule has 0 radical (unpaired) electrons. The van der Waals surface area contributed by atoms with Gasteiger partial charge in [0.1, 0.15) is 0 Å². The number of aryl methyl sites for hydroxylation is 1. The first-order chi connectivity index (χ1) is 8.20. The Labute approximate surface area is 114 Å². The van der Waals surface area contributed by atoms with Crippen LogP contribution in [0.4, 0.5) is 0 Å². The number of hydrogen-bond acceptors (Lipinski definition) is 3. The Morgan fingerprint density at radius 2 is 2.35 bits per heavy atom. The van der Waals surface area contributed by atoms with Gasteiger partial charge in [-0.3, -0.25) is 4.98 Å². The summed E-state index contributed by atoms with van der Waals surface area (Å²) in [6, 6.07) is 6.70. The maximum atomic E-state index is 4.15. The molecule has 1 atom stereocenters. The third-order valence-electron chi connectivity index (χ3n) is 2.73. The second-order valence-corrected chi connectivity index (χ2v) is 6.41. The molecule has 0 bridgehead atoms. The van der Waals surface area contributed by atoms with Crippen molar-refractivity contribution in [2.75, 3.05) is 7.05 Å². The van der Waals surface area contributed by atoms with Crippen LogP contribution in [0.25, 0.3) is 0 Å². The van der Waals surface area contributed by atoms with E-state index in [1.54, 1.807) is 11.3 Å². The number of pyridine rings is 1. The lowest BCUT2D eigenvalue weighted by Gasteiger charge is -2.14. The number of thiophene rings is 1. The van der Waals surface area contributed by atoms with Gasteiger partial charge in [0.15, 0.2) is 0 Å². The molecular formula is C13H15BrN2S. The minimum atomic E-state index is 0.356. The van der Waals surface area contributed by atoms with Crippen LogP contribution in [0.3, 0.4) is 0 Å². The summed E-state index contributed by atoms with van der Waals surface area (Å²) >= 11 is 5.38. The first-order valence-corrected chi connectivity index (χ1v) is 7.13. The molecule has 17 heavy (non-hydrogen) atoms. The molecule has 0 fully saturated rings. The van der Waals surface area contributed by atoms with Crippen molar-refractivity contribution in [1.82, 2.24) is 10.3 Å². The predicted octanol–water partition coefficient (Wildman–Crippen LogP) is 3.72. The zero-order valence-corrected chi connectivity index (χ0v) is 12.3. The molecule has 0 spiro atoms. The molecule has 2 aromatic rings. The molecule has 0 aliphatic carbocycles. The van der Waals surface area contributed by atoms with Gasteiger partial charge >= 0.3 is 0 Å². The summed E-state index contributed by atoms with van der Waals surface area (Å²) in [5.74, 6) is 0. The van der Waals surface area contributed by atoms with Crippen LogP contribution in [0.1, 0.15) is 22.0 Å². The lowest BCUT2D eigenvalue weighted by Crippen LogP contribution is -2.17. The molecule has 2 aromatic heterocycles. The van der Waals surface area contributed by atoms with Crippen molar-refractivity contribution in [3.8, 4) is 0 Å². The SMILES string of the molecule is CNC(Cc1cccnc1)c1cc(C)c(Br)s1. The molecule has 2 nitrogen and oxygen atoms in total.